The zero-order chi connectivity index (χ0) is 32.5. The van der Waals surface area contributed by atoms with E-state index in [9.17, 15) is 14.7 Å². The molecule has 5 rings (SSSR count). The molecule has 0 aliphatic carbocycles. The number of rotatable bonds is 13. The number of aliphatic hydroxyl groups is 1. The highest BCUT2D eigenvalue weighted by Gasteiger charge is 2.38. The first-order chi connectivity index (χ1) is 22.3. The fourth-order valence-electron chi connectivity index (χ4n) is 5.87. The van der Waals surface area contributed by atoms with Crippen molar-refractivity contribution in [3.8, 4) is 11.1 Å². The lowest BCUT2D eigenvalue weighted by atomic mass is 9.90. The summed E-state index contributed by atoms with van der Waals surface area (Å²) in [6.45, 7) is 4.00. The summed E-state index contributed by atoms with van der Waals surface area (Å²) in [6.07, 6.45) is -1.13. The van der Waals surface area contributed by atoms with E-state index in [1.54, 1.807) is 0 Å². The van der Waals surface area contributed by atoms with Crippen LogP contribution in [0, 0.1) is 5.92 Å². The number of benzene rings is 4. The lowest BCUT2D eigenvalue weighted by Crippen LogP contribution is -2.43. The molecule has 0 bridgehead atoms. The summed E-state index contributed by atoms with van der Waals surface area (Å²) in [5.41, 5.74) is 6.95. The molecule has 240 valence electrons. The number of likely N-dealkylation sites (N-methyl/N-ethyl adjacent to an activating group) is 1. The number of nitrogens with one attached hydrogen (secondary N) is 1. The van der Waals surface area contributed by atoms with Crippen molar-refractivity contribution in [1.82, 2.24) is 10.2 Å². The van der Waals surface area contributed by atoms with Crippen molar-refractivity contribution in [2.24, 2.45) is 5.92 Å². The number of hydrogen-bond donors (Lipinski definition) is 3. The summed E-state index contributed by atoms with van der Waals surface area (Å²) in [5, 5.41) is 21.3. The summed E-state index contributed by atoms with van der Waals surface area (Å²) in [5.74, 6) is -1.21. The molecule has 4 atom stereocenters. The van der Waals surface area contributed by atoms with Crippen LogP contribution in [0.25, 0.3) is 11.1 Å². The van der Waals surface area contributed by atoms with E-state index < -0.39 is 12.3 Å². The van der Waals surface area contributed by atoms with Crippen LogP contribution in [0.5, 0.6) is 0 Å². The molecular formula is C38H42N2O6. The Morgan fingerprint density at radius 3 is 2.17 bits per heavy atom. The summed E-state index contributed by atoms with van der Waals surface area (Å²) in [4.78, 5) is 25.2. The number of nitrogens with zero attached hydrogens (tertiary/aromatic N) is 1. The van der Waals surface area contributed by atoms with Crippen molar-refractivity contribution in [2.75, 3.05) is 13.6 Å². The first-order valence-electron chi connectivity index (χ1n) is 15.7. The Morgan fingerprint density at radius 1 is 0.804 bits per heavy atom. The Balaban J connectivity index is 1.34. The number of carboxylic acid groups (broad SMARTS) is 1. The zero-order valence-electron chi connectivity index (χ0n) is 26.3. The van der Waals surface area contributed by atoms with Gasteiger partial charge in [0.15, 0.2) is 6.29 Å². The molecule has 0 spiro atoms. The summed E-state index contributed by atoms with van der Waals surface area (Å²) < 4.78 is 13.3. The molecule has 1 aliphatic rings. The Labute approximate surface area is 270 Å². The second-order valence-electron chi connectivity index (χ2n) is 12.0. The predicted octanol–water partition coefficient (Wildman–Crippen LogP) is 6.25. The molecule has 4 unspecified atom stereocenters. The van der Waals surface area contributed by atoms with E-state index in [-0.39, 0.29) is 43.5 Å². The van der Waals surface area contributed by atoms with Crippen LogP contribution in [0.1, 0.15) is 60.0 Å². The van der Waals surface area contributed by atoms with Crippen LogP contribution >= 0.6 is 0 Å². The van der Waals surface area contributed by atoms with Crippen LogP contribution in [0.4, 0.5) is 0 Å². The molecule has 8 heteroatoms. The fraction of sp³-hybridized carbons (Fsp3) is 0.316. The minimum absolute atomic E-state index is 0.00737. The number of carbonyl (C=O) groups is 2. The van der Waals surface area contributed by atoms with Gasteiger partial charge in [-0.15, -0.1) is 0 Å². The minimum atomic E-state index is -0.993. The smallest absolute Gasteiger partial charge is 0.303 e. The van der Waals surface area contributed by atoms with Crippen molar-refractivity contribution in [2.45, 2.75) is 58.0 Å². The second kappa shape index (κ2) is 15.8. The lowest BCUT2D eigenvalue weighted by molar-refractivity contribution is -0.276. The predicted molar refractivity (Wildman–Crippen MR) is 176 cm³/mol. The van der Waals surface area contributed by atoms with Crippen LogP contribution in [0.15, 0.2) is 103 Å². The quantitative estimate of drug-likeness (QED) is 0.162. The third-order valence-corrected chi connectivity index (χ3v) is 8.46. The van der Waals surface area contributed by atoms with E-state index in [4.69, 9.17) is 14.6 Å². The van der Waals surface area contributed by atoms with Gasteiger partial charge in [0.05, 0.1) is 25.2 Å². The van der Waals surface area contributed by atoms with Crippen molar-refractivity contribution in [3.05, 3.63) is 131 Å². The molecular weight excluding hydrogens is 580 g/mol. The molecule has 8 nitrogen and oxygen atoms in total. The summed E-state index contributed by atoms with van der Waals surface area (Å²) in [7, 11) is 2.11. The van der Waals surface area contributed by atoms with E-state index in [0.29, 0.717) is 6.54 Å². The van der Waals surface area contributed by atoms with E-state index in [2.05, 4.69) is 48.5 Å². The molecule has 1 heterocycles. The number of aliphatic carboxylic acids is 1. The molecule has 0 aromatic heterocycles. The molecule has 0 radical (unpaired) electrons. The molecule has 1 aliphatic heterocycles. The second-order valence-corrected chi connectivity index (χ2v) is 12.0. The lowest BCUT2D eigenvalue weighted by Gasteiger charge is -2.42. The van der Waals surface area contributed by atoms with Gasteiger partial charge in [-0.1, -0.05) is 110 Å². The number of carboxylic acids is 1. The third kappa shape index (κ3) is 8.68. The van der Waals surface area contributed by atoms with Crippen LogP contribution in [-0.2, 0) is 38.8 Å². The molecule has 1 fully saturated rings. The van der Waals surface area contributed by atoms with Gasteiger partial charge in [-0.05, 0) is 40.4 Å². The van der Waals surface area contributed by atoms with Gasteiger partial charge in [0.25, 0.3) is 0 Å². The maximum atomic E-state index is 12.1. The highest BCUT2D eigenvalue weighted by atomic mass is 16.7. The van der Waals surface area contributed by atoms with Gasteiger partial charge in [0, 0.05) is 37.5 Å². The third-order valence-electron chi connectivity index (χ3n) is 8.46. The normalized spacial score (nSPS) is 19.6. The topological polar surface area (TPSA) is 108 Å². The van der Waals surface area contributed by atoms with Gasteiger partial charge in [0.1, 0.15) is 0 Å². The Morgan fingerprint density at radius 2 is 1.48 bits per heavy atom. The molecule has 4 aromatic carbocycles. The van der Waals surface area contributed by atoms with E-state index in [0.717, 1.165) is 46.5 Å². The first kappa shape index (κ1) is 33.0. The van der Waals surface area contributed by atoms with Crippen molar-refractivity contribution >= 4 is 11.9 Å². The highest BCUT2D eigenvalue weighted by Crippen LogP contribution is 2.42. The van der Waals surface area contributed by atoms with E-state index in [1.165, 1.54) is 5.56 Å². The number of ether oxygens (including phenoxy) is 2. The number of hydrogen-bond acceptors (Lipinski definition) is 6. The highest BCUT2D eigenvalue weighted by molar-refractivity contribution is 5.80. The van der Waals surface area contributed by atoms with Gasteiger partial charge >= 0.3 is 5.97 Å². The Kier molecular flexibility index (Phi) is 11.3. The van der Waals surface area contributed by atoms with Crippen LogP contribution in [-0.4, -0.2) is 46.7 Å². The van der Waals surface area contributed by atoms with Gasteiger partial charge < -0.3 is 25.0 Å². The molecule has 0 saturated carbocycles. The van der Waals surface area contributed by atoms with E-state index in [1.807, 2.05) is 78.9 Å². The van der Waals surface area contributed by atoms with Crippen molar-refractivity contribution in [1.29, 1.82) is 0 Å². The number of aliphatic hydroxyl groups excluding tert-OH is 1. The van der Waals surface area contributed by atoms with Crippen molar-refractivity contribution in [3.63, 3.8) is 0 Å². The van der Waals surface area contributed by atoms with Crippen molar-refractivity contribution < 1.29 is 29.3 Å². The SMILES string of the molecule is CC1C(CN(C)Cc2ccccc2)OC(c2ccc(-c3ccccc3CNC(=O)CCC(=O)O)cc2)OC1c1ccc(CO)cc1. The zero-order valence-corrected chi connectivity index (χ0v) is 26.3. The van der Waals surface area contributed by atoms with Gasteiger partial charge in [-0.25, -0.2) is 0 Å². The first-order valence-corrected chi connectivity index (χ1v) is 15.7. The van der Waals surface area contributed by atoms with Crippen LogP contribution in [0.2, 0.25) is 0 Å². The summed E-state index contributed by atoms with van der Waals surface area (Å²) in [6, 6.07) is 34.3. The fourth-order valence-corrected chi connectivity index (χ4v) is 5.87. The molecule has 4 aromatic rings. The summed E-state index contributed by atoms with van der Waals surface area (Å²) >= 11 is 0. The Hall–Kier alpha value is -4.34. The van der Waals surface area contributed by atoms with Gasteiger partial charge in [-0.3, -0.25) is 14.5 Å². The largest absolute Gasteiger partial charge is 0.481 e. The monoisotopic (exact) mass is 622 g/mol. The molecule has 1 amide bonds. The number of carbonyl (C=O) groups excluding carboxylic acids is 1. The standard InChI is InChI=1S/C38H42N2O6/c1-26-34(24-40(2)23-27-8-4-3-5-9-27)45-38(46-37(26)30-14-12-28(25-41)13-15-30)31-18-16-29(17-19-31)33-11-7-6-10-32(33)22-39-35(42)20-21-36(43)44/h3-19,26,34,37-38,41H,20-25H2,1-2H3,(H,39,42)(H,43,44). The average molecular weight is 623 g/mol. The average Bonchev–Trinajstić information content (AvgIpc) is 3.08. The molecule has 3 N–H and O–H groups in total. The Bertz CT molecular complexity index is 1580. The maximum absolute atomic E-state index is 12.1. The minimum Gasteiger partial charge on any atom is -0.481 e. The van der Waals surface area contributed by atoms with E-state index >= 15 is 0 Å². The molecule has 1 saturated heterocycles. The van der Waals surface area contributed by atoms with Gasteiger partial charge in [-0.2, -0.15) is 0 Å². The maximum Gasteiger partial charge on any atom is 0.303 e. The number of amides is 1. The van der Waals surface area contributed by atoms with Gasteiger partial charge in [0.2, 0.25) is 5.91 Å². The molecule has 46 heavy (non-hydrogen) atoms. The van der Waals surface area contributed by atoms with Crippen LogP contribution < -0.4 is 5.32 Å². The van der Waals surface area contributed by atoms with Crippen LogP contribution in [0.3, 0.4) is 0 Å².